The zero-order valence-corrected chi connectivity index (χ0v) is 13.7. The maximum absolute atomic E-state index is 12.6. The molecule has 4 rings (SSSR count). The van der Waals surface area contributed by atoms with Gasteiger partial charge in [0.05, 0.1) is 19.0 Å². The molecule has 0 aliphatic carbocycles. The zero-order valence-electron chi connectivity index (χ0n) is 13.7. The van der Waals surface area contributed by atoms with E-state index in [0.29, 0.717) is 25.5 Å². The molecule has 2 aliphatic rings. The number of carbonyl (C=O) groups is 2. The molecular weight excluding hydrogens is 318 g/mol. The van der Waals surface area contributed by atoms with Crippen LogP contribution in [0.5, 0.6) is 5.88 Å². The molecule has 1 aromatic carbocycles. The monoisotopic (exact) mass is 337 g/mol. The Morgan fingerprint density at radius 2 is 1.80 bits per heavy atom. The lowest BCUT2D eigenvalue weighted by molar-refractivity contribution is -0.144. The van der Waals surface area contributed by atoms with Gasteiger partial charge in [0.25, 0.3) is 0 Å². The molecule has 2 amide bonds. The van der Waals surface area contributed by atoms with Crippen molar-refractivity contribution in [1.29, 1.82) is 0 Å². The zero-order chi connectivity index (χ0) is 17.2. The fourth-order valence-corrected chi connectivity index (χ4v) is 3.27. The van der Waals surface area contributed by atoms with Gasteiger partial charge in [0, 0.05) is 30.9 Å². The minimum absolute atomic E-state index is 0.00589. The van der Waals surface area contributed by atoms with Gasteiger partial charge in [-0.2, -0.15) is 0 Å². The summed E-state index contributed by atoms with van der Waals surface area (Å²) >= 11 is 0. The van der Waals surface area contributed by atoms with Crippen LogP contribution in [-0.2, 0) is 9.59 Å². The highest BCUT2D eigenvalue weighted by molar-refractivity contribution is 6.00. The number of hydrogen-bond acceptors (Lipinski definition) is 4. The largest absolute Gasteiger partial charge is 0.471 e. The van der Waals surface area contributed by atoms with E-state index in [4.69, 9.17) is 4.74 Å². The van der Waals surface area contributed by atoms with Crippen LogP contribution in [0.3, 0.4) is 0 Å². The topological polar surface area (TPSA) is 62.7 Å². The van der Waals surface area contributed by atoms with E-state index in [-0.39, 0.29) is 30.3 Å². The predicted octanol–water partition coefficient (Wildman–Crippen LogP) is 1.72. The van der Waals surface area contributed by atoms with Crippen LogP contribution < -0.4 is 9.64 Å². The molecule has 0 spiro atoms. The van der Waals surface area contributed by atoms with Gasteiger partial charge in [0.1, 0.15) is 6.10 Å². The van der Waals surface area contributed by atoms with Gasteiger partial charge in [-0.05, 0) is 18.2 Å². The van der Waals surface area contributed by atoms with Crippen molar-refractivity contribution in [2.45, 2.75) is 12.5 Å². The normalized spacial score (nSPS) is 20.5. The first kappa shape index (κ1) is 15.6. The van der Waals surface area contributed by atoms with Gasteiger partial charge in [0.15, 0.2) is 0 Å². The molecule has 1 aromatic heterocycles. The van der Waals surface area contributed by atoms with Crippen LogP contribution in [0.2, 0.25) is 0 Å². The lowest BCUT2D eigenvalue weighted by Crippen LogP contribution is -2.57. The summed E-state index contributed by atoms with van der Waals surface area (Å²) in [4.78, 5) is 32.5. The van der Waals surface area contributed by atoms with Gasteiger partial charge in [-0.1, -0.05) is 24.3 Å². The quantitative estimate of drug-likeness (QED) is 0.852. The fraction of sp³-hybridized carbons (Fsp3) is 0.316. The van der Waals surface area contributed by atoms with Crippen molar-refractivity contribution in [3.8, 4) is 5.88 Å². The smallest absolute Gasteiger partial charge is 0.228 e. The summed E-state index contributed by atoms with van der Waals surface area (Å²) in [5, 5.41) is 0. The van der Waals surface area contributed by atoms with Crippen molar-refractivity contribution >= 4 is 17.5 Å². The Kier molecular flexibility index (Phi) is 4.09. The van der Waals surface area contributed by atoms with Crippen molar-refractivity contribution in [3.05, 3.63) is 54.7 Å². The van der Waals surface area contributed by atoms with E-state index < -0.39 is 0 Å². The first-order chi connectivity index (χ1) is 12.2. The van der Waals surface area contributed by atoms with Gasteiger partial charge in [-0.25, -0.2) is 4.98 Å². The number of benzene rings is 1. The number of rotatable bonds is 4. The number of nitrogens with zero attached hydrogens (tertiary/aromatic N) is 3. The standard InChI is InChI=1S/C19H19N3O3/c23-18-10-14(11-22(18)15-6-2-1-3-7-15)19(24)21-12-16(13-21)25-17-8-4-5-9-20-17/h1-9,14,16H,10-13H2. The molecule has 0 bridgehead atoms. The second kappa shape index (κ2) is 6.55. The molecule has 0 radical (unpaired) electrons. The van der Waals surface area contributed by atoms with Crippen molar-refractivity contribution < 1.29 is 14.3 Å². The van der Waals surface area contributed by atoms with Crippen molar-refractivity contribution in [1.82, 2.24) is 9.88 Å². The second-order valence-corrected chi connectivity index (χ2v) is 6.39. The molecule has 1 unspecified atom stereocenters. The Morgan fingerprint density at radius 3 is 2.52 bits per heavy atom. The summed E-state index contributed by atoms with van der Waals surface area (Å²) in [5.74, 6) is 0.341. The van der Waals surface area contributed by atoms with E-state index in [1.165, 1.54) is 0 Å². The Hall–Kier alpha value is -2.89. The van der Waals surface area contributed by atoms with E-state index in [1.807, 2.05) is 42.5 Å². The Bertz CT molecular complexity index is 760. The molecule has 0 saturated carbocycles. The SMILES string of the molecule is O=C(C1CC(=O)N(c2ccccc2)C1)N1CC(Oc2ccccn2)C1. The second-order valence-electron chi connectivity index (χ2n) is 6.39. The molecule has 128 valence electrons. The Morgan fingerprint density at radius 1 is 1.04 bits per heavy atom. The number of pyridine rings is 1. The third-order valence-electron chi connectivity index (χ3n) is 4.63. The van der Waals surface area contributed by atoms with Crippen LogP contribution in [0.15, 0.2) is 54.7 Å². The van der Waals surface area contributed by atoms with Crippen LogP contribution in [-0.4, -0.2) is 47.4 Å². The van der Waals surface area contributed by atoms with Gasteiger partial charge in [-0.15, -0.1) is 0 Å². The van der Waals surface area contributed by atoms with Gasteiger partial charge < -0.3 is 14.5 Å². The van der Waals surface area contributed by atoms with E-state index in [2.05, 4.69) is 4.98 Å². The Labute approximate surface area is 146 Å². The molecule has 2 aliphatic heterocycles. The molecule has 6 heteroatoms. The van der Waals surface area contributed by atoms with Gasteiger partial charge in [-0.3, -0.25) is 9.59 Å². The summed E-state index contributed by atoms with van der Waals surface area (Å²) in [5.41, 5.74) is 0.850. The third kappa shape index (κ3) is 3.20. The first-order valence-corrected chi connectivity index (χ1v) is 8.42. The molecule has 2 aromatic rings. The lowest BCUT2D eigenvalue weighted by atomic mass is 10.0. The summed E-state index contributed by atoms with van der Waals surface area (Å²) in [6.45, 7) is 1.54. The molecule has 0 N–H and O–H groups in total. The number of likely N-dealkylation sites (tertiary alicyclic amines) is 1. The predicted molar refractivity (Wildman–Crippen MR) is 92.1 cm³/mol. The summed E-state index contributed by atoms with van der Waals surface area (Å²) in [6.07, 6.45) is 1.93. The molecule has 6 nitrogen and oxygen atoms in total. The number of para-hydroxylation sites is 1. The molecular formula is C19H19N3O3. The molecule has 1 atom stereocenters. The highest BCUT2D eigenvalue weighted by atomic mass is 16.5. The summed E-state index contributed by atoms with van der Waals surface area (Å²) < 4.78 is 5.72. The Balaban J connectivity index is 1.32. The van der Waals surface area contributed by atoms with Crippen LogP contribution in [0.4, 0.5) is 5.69 Å². The molecule has 25 heavy (non-hydrogen) atoms. The number of ether oxygens (including phenoxy) is 1. The maximum atomic E-state index is 12.6. The number of hydrogen-bond donors (Lipinski definition) is 0. The number of aromatic nitrogens is 1. The molecule has 2 fully saturated rings. The first-order valence-electron chi connectivity index (χ1n) is 8.42. The van der Waals surface area contributed by atoms with E-state index in [1.54, 1.807) is 22.1 Å². The molecule has 2 saturated heterocycles. The van der Waals surface area contributed by atoms with E-state index in [0.717, 1.165) is 5.69 Å². The number of anilines is 1. The van der Waals surface area contributed by atoms with Crippen LogP contribution in [0, 0.1) is 5.92 Å². The van der Waals surface area contributed by atoms with Crippen LogP contribution in [0.25, 0.3) is 0 Å². The third-order valence-corrected chi connectivity index (χ3v) is 4.63. The van der Waals surface area contributed by atoms with Crippen LogP contribution >= 0.6 is 0 Å². The number of carbonyl (C=O) groups excluding carboxylic acids is 2. The maximum Gasteiger partial charge on any atom is 0.228 e. The minimum atomic E-state index is -0.275. The summed E-state index contributed by atoms with van der Waals surface area (Å²) in [6, 6.07) is 15.0. The van der Waals surface area contributed by atoms with Crippen molar-refractivity contribution in [2.75, 3.05) is 24.5 Å². The highest BCUT2D eigenvalue weighted by Crippen LogP contribution is 2.28. The van der Waals surface area contributed by atoms with Gasteiger partial charge >= 0.3 is 0 Å². The van der Waals surface area contributed by atoms with Crippen molar-refractivity contribution in [2.24, 2.45) is 5.92 Å². The fourth-order valence-electron chi connectivity index (χ4n) is 3.27. The molecule has 3 heterocycles. The minimum Gasteiger partial charge on any atom is -0.471 e. The van der Waals surface area contributed by atoms with Crippen LogP contribution in [0.1, 0.15) is 6.42 Å². The lowest BCUT2D eigenvalue weighted by Gasteiger charge is -2.39. The average molecular weight is 337 g/mol. The van der Waals surface area contributed by atoms with Crippen molar-refractivity contribution in [3.63, 3.8) is 0 Å². The highest BCUT2D eigenvalue weighted by Gasteiger charge is 2.41. The van der Waals surface area contributed by atoms with E-state index >= 15 is 0 Å². The summed E-state index contributed by atoms with van der Waals surface area (Å²) in [7, 11) is 0. The number of amides is 2. The van der Waals surface area contributed by atoms with Gasteiger partial charge in [0.2, 0.25) is 17.7 Å². The van der Waals surface area contributed by atoms with E-state index in [9.17, 15) is 9.59 Å². The average Bonchev–Trinajstić information content (AvgIpc) is 3.01.